The molecule has 1 N–H and O–H groups in total. The molecule has 2 aromatic heterocycles. The molecule has 12 nitrogen and oxygen atoms in total. The van der Waals surface area contributed by atoms with E-state index in [0.29, 0.717) is 17.1 Å². The van der Waals surface area contributed by atoms with Gasteiger partial charge in [-0.2, -0.15) is 10.2 Å². The van der Waals surface area contributed by atoms with Crippen LogP contribution in [-0.2, 0) is 6.54 Å². The van der Waals surface area contributed by atoms with Gasteiger partial charge in [-0.3, -0.25) is 20.1 Å². The molecule has 3 fully saturated rings. The molecule has 7 rings (SSSR count). The van der Waals surface area contributed by atoms with Crippen molar-refractivity contribution in [2.24, 2.45) is 5.92 Å². The van der Waals surface area contributed by atoms with Crippen molar-refractivity contribution < 1.29 is 4.79 Å². The summed E-state index contributed by atoms with van der Waals surface area (Å²) < 4.78 is 1.67. The number of likely N-dealkylation sites (tertiary alicyclic amines) is 1. The maximum Gasteiger partial charge on any atom is 0.269 e. The van der Waals surface area contributed by atoms with Gasteiger partial charge in [0.25, 0.3) is 5.91 Å². The van der Waals surface area contributed by atoms with E-state index in [-0.39, 0.29) is 17.8 Å². The van der Waals surface area contributed by atoms with Crippen molar-refractivity contribution in [3.63, 3.8) is 0 Å². The lowest BCUT2D eigenvalue weighted by Gasteiger charge is -2.38. The molecule has 0 atom stereocenters. The third-order valence-corrected chi connectivity index (χ3v) is 9.98. The van der Waals surface area contributed by atoms with Crippen molar-refractivity contribution in [2.75, 3.05) is 57.9 Å². The minimum absolute atomic E-state index is 0.0166. The largest absolute Gasteiger partial charge is 0.306 e. The number of fused-ring (bicyclic) bond motifs is 1. The number of amides is 1. The van der Waals surface area contributed by atoms with Gasteiger partial charge in [-0.25, -0.2) is 9.67 Å². The van der Waals surface area contributed by atoms with E-state index in [4.69, 9.17) is 0 Å². The fourth-order valence-corrected chi connectivity index (χ4v) is 7.26. The standard InChI is InChI=1S/C35H43N11O/c1-42-15-13-26(14-16-42)24-43-17-19-44(20-18-43)25-27-7-6-8-28(21-27)35(47)40-45(29-9-2-3-10-29)34-32(23-37-33(22-36)38-34)46-31-12-5-4-11-30(31)39-41-46/h4-8,11-12,21,23,26,29H,2-3,9-10,13-20,24-25H2,1H3,(H,40,47). The van der Waals surface area contributed by atoms with Gasteiger partial charge in [-0.05, 0) is 81.6 Å². The van der Waals surface area contributed by atoms with E-state index in [2.05, 4.69) is 59.6 Å². The number of nitriles is 1. The molecule has 3 aliphatic rings. The number of carbonyl (C=O) groups is 1. The number of carbonyl (C=O) groups excluding carboxylic acids is 1. The van der Waals surface area contributed by atoms with Crippen LogP contribution >= 0.6 is 0 Å². The zero-order chi connectivity index (χ0) is 32.2. The predicted molar refractivity (Wildman–Crippen MR) is 180 cm³/mol. The van der Waals surface area contributed by atoms with Crippen molar-refractivity contribution in [3.05, 3.63) is 71.7 Å². The summed E-state index contributed by atoms with van der Waals surface area (Å²) >= 11 is 0. The van der Waals surface area contributed by atoms with Crippen LogP contribution in [0.5, 0.6) is 0 Å². The molecule has 4 aromatic rings. The van der Waals surface area contributed by atoms with Crippen LogP contribution in [0.1, 0.15) is 60.3 Å². The summed E-state index contributed by atoms with van der Waals surface area (Å²) in [5.41, 5.74) is 6.96. The lowest BCUT2D eigenvalue weighted by molar-refractivity contribution is 0.0940. The number of hydrazine groups is 1. The molecule has 12 heteroatoms. The van der Waals surface area contributed by atoms with E-state index in [0.717, 1.165) is 80.9 Å². The minimum atomic E-state index is -0.215. The normalized spacial score (nSPS) is 18.8. The van der Waals surface area contributed by atoms with E-state index in [1.54, 1.807) is 10.9 Å². The van der Waals surface area contributed by atoms with Crippen LogP contribution in [-0.4, -0.2) is 104 Å². The van der Waals surface area contributed by atoms with Gasteiger partial charge in [0.05, 0.1) is 17.8 Å². The van der Waals surface area contributed by atoms with Crippen LogP contribution < -0.4 is 10.4 Å². The van der Waals surface area contributed by atoms with Gasteiger partial charge in [0.15, 0.2) is 5.82 Å². The molecule has 4 heterocycles. The van der Waals surface area contributed by atoms with Crippen molar-refractivity contribution in [2.45, 2.75) is 51.1 Å². The second-order valence-corrected chi connectivity index (χ2v) is 13.3. The highest BCUT2D eigenvalue weighted by molar-refractivity contribution is 5.95. The summed E-state index contributed by atoms with van der Waals surface area (Å²) in [6, 6.07) is 17.7. The number of aromatic nitrogens is 5. The number of anilines is 1. The Bertz CT molecular complexity index is 1730. The first-order chi connectivity index (χ1) is 23.0. The maximum absolute atomic E-state index is 13.9. The summed E-state index contributed by atoms with van der Waals surface area (Å²) in [4.78, 5) is 30.4. The number of nitrogens with one attached hydrogen (secondary N) is 1. The van der Waals surface area contributed by atoms with Crippen LogP contribution in [0.25, 0.3) is 16.7 Å². The van der Waals surface area contributed by atoms with Crippen LogP contribution in [0.4, 0.5) is 5.82 Å². The van der Waals surface area contributed by atoms with Gasteiger partial charge in [-0.1, -0.05) is 42.3 Å². The van der Waals surface area contributed by atoms with E-state index >= 15 is 0 Å². The van der Waals surface area contributed by atoms with Gasteiger partial charge in [-0.15, -0.1) is 5.10 Å². The lowest BCUT2D eigenvalue weighted by Crippen LogP contribution is -2.49. The van der Waals surface area contributed by atoms with Gasteiger partial charge >= 0.3 is 0 Å². The maximum atomic E-state index is 13.9. The Morgan fingerprint density at radius 3 is 2.53 bits per heavy atom. The molecular formula is C35H43N11O. The number of hydrogen-bond donors (Lipinski definition) is 1. The average molecular weight is 634 g/mol. The molecule has 1 saturated carbocycles. The molecule has 0 unspecified atom stereocenters. The molecule has 2 aliphatic heterocycles. The molecule has 244 valence electrons. The average Bonchev–Trinajstić information content (AvgIpc) is 3.80. The molecular weight excluding hydrogens is 590 g/mol. The third kappa shape index (κ3) is 7.12. The second-order valence-electron chi connectivity index (χ2n) is 13.3. The van der Waals surface area contributed by atoms with Crippen LogP contribution in [0.2, 0.25) is 0 Å². The van der Waals surface area contributed by atoms with E-state index in [1.807, 2.05) is 47.5 Å². The van der Waals surface area contributed by atoms with Gasteiger partial charge in [0.1, 0.15) is 17.3 Å². The van der Waals surface area contributed by atoms with Gasteiger partial charge < -0.3 is 9.80 Å². The lowest BCUT2D eigenvalue weighted by atomic mass is 9.96. The van der Waals surface area contributed by atoms with Crippen molar-refractivity contribution >= 4 is 22.8 Å². The predicted octanol–water partition coefficient (Wildman–Crippen LogP) is 3.64. The van der Waals surface area contributed by atoms with Crippen LogP contribution in [0, 0.1) is 17.2 Å². The van der Waals surface area contributed by atoms with Gasteiger partial charge in [0.2, 0.25) is 5.82 Å². The Kier molecular flexibility index (Phi) is 9.37. The van der Waals surface area contributed by atoms with E-state index < -0.39 is 0 Å². The number of para-hydroxylation sites is 1. The molecule has 0 radical (unpaired) electrons. The van der Waals surface area contributed by atoms with Crippen LogP contribution in [0.15, 0.2) is 54.7 Å². The minimum Gasteiger partial charge on any atom is -0.306 e. The molecule has 1 aliphatic carbocycles. The zero-order valence-corrected chi connectivity index (χ0v) is 27.1. The summed E-state index contributed by atoms with van der Waals surface area (Å²) in [7, 11) is 2.22. The van der Waals surface area contributed by atoms with Crippen molar-refractivity contribution in [3.8, 4) is 11.8 Å². The second kappa shape index (κ2) is 14.1. The Labute approximate surface area is 275 Å². The molecule has 1 amide bonds. The first-order valence-electron chi connectivity index (χ1n) is 16.9. The van der Waals surface area contributed by atoms with Crippen molar-refractivity contribution in [1.82, 2.24) is 45.1 Å². The first kappa shape index (κ1) is 31.2. The number of benzene rings is 2. The van der Waals surface area contributed by atoms with E-state index in [1.165, 1.54) is 32.5 Å². The first-order valence-corrected chi connectivity index (χ1v) is 16.9. The number of hydrogen-bond acceptors (Lipinski definition) is 10. The summed E-state index contributed by atoms with van der Waals surface area (Å²) in [6.07, 6.45) is 8.09. The topological polar surface area (TPSA) is 122 Å². The van der Waals surface area contributed by atoms with Gasteiger partial charge in [0, 0.05) is 44.8 Å². The monoisotopic (exact) mass is 633 g/mol. The highest BCUT2D eigenvalue weighted by Crippen LogP contribution is 2.31. The van der Waals surface area contributed by atoms with E-state index in [9.17, 15) is 10.1 Å². The molecule has 2 saturated heterocycles. The third-order valence-electron chi connectivity index (χ3n) is 9.98. The molecule has 0 bridgehead atoms. The number of nitrogens with zero attached hydrogens (tertiary/aromatic N) is 10. The Balaban J connectivity index is 1.07. The molecule has 47 heavy (non-hydrogen) atoms. The summed E-state index contributed by atoms with van der Waals surface area (Å²) in [6.45, 7) is 8.72. The fourth-order valence-electron chi connectivity index (χ4n) is 7.26. The fraction of sp³-hybridized carbons (Fsp3) is 0.486. The quantitative estimate of drug-likeness (QED) is 0.274. The molecule has 0 spiro atoms. The number of piperazine rings is 1. The Morgan fingerprint density at radius 1 is 0.979 bits per heavy atom. The summed E-state index contributed by atoms with van der Waals surface area (Å²) in [5.74, 6) is 1.06. The highest BCUT2D eigenvalue weighted by atomic mass is 16.2. The Morgan fingerprint density at radius 2 is 1.74 bits per heavy atom. The molecule has 2 aromatic carbocycles. The summed E-state index contributed by atoms with van der Waals surface area (Å²) in [5, 5.41) is 20.2. The SMILES string of the molecule is CN1CCC(CN2CCN(Cc3cccc(C(=O)NN(c4nc(C#N)ncc4-n4nnc5ccccc54)C4CCCC4)c3)CC2)CC1. The van der Waals surface area contributed by atoms with Crippen LogP contribution in [0.3, 0.4) is 0 Å². The van der Waals surface area contributed by atoms with Crippen molar-refractivity contribution in [1.29, 1.82) is 5.26 Å². The highest BCUT2D eigenvalue weighted by Gasteiger charge is 2.30. The smallest absolute Gasteiger partial charge is 0.269 e. The Hall–Kier alpha value is -4.44. The number of piperidine rings is 1. The number of rotatable bonds is 9. The zero-order valence-electron chi connectivity index (χ0n) is 27.1.